The molecule has 3 rings (SSSR count). The van der Waals surface area contributed by atoms with E-state index in [1.807, 2.05) is 26.0 Å². The van der Waals surface area contributed by atoms with Crippen LogP contribution >= 0.6 is 11.6 Å². The predicted molar refractivity (Wildman–Crippen MR) is 85.3 cm³/mol. The molecule has 23 heavy (non-hydrogen) atoms. The molecule has 0 radical (unpaired) electrons. The summed E-state index contributed by atoms with van der Waals surface area (Å²) in [6.07, 6.45) is 1.03. The van der Waals surface area contributed by atoms with Gasteiger partial charge in [-0.1, -0.05) is 16.8 Å². The molecule has 0 N–H and O–H groups in total. The van der Waals surface area contributed by atoms with Gasteiger partial charge in [0, 0.05) is 18.7 Å². The highest BCUT2D eigenvalue weighted by Gasteiger charge is 2.25. The number of anilines is 1. The topological polar surface area (TPSA) is 75.2 Å². The van der Waals surface area contributed by atoms with Crippen molar-refractivity contribution in [2.45, 2.75) is 33.0 Å². The Morgan fingerprint density at radius 3 is 3.00 bits per heavy atom. The summed E-state index contributed by atoms with van der Waals surface area (Å²) in [5, 5.41) is 13.3. The molecular formula is C16H17ClN4O2. The molecule has 2 aromatic heterocycles. The molecule has 0 bridgehead atoms. The smallest absolute Gasteiger partial charge is 0.161 e. The van der Waals surface area contributed by atoms with Gasteiger partial charge in [-0.05, 0) is 32.4 Å². The van der Waals surface area contributed by atoms with E-state index < -0.39 is 0 Å². The van der Waals surface area contributed by atoms with Crippen LogP contribution in [0.4, 0.5) is 5.82 Å². The molecule has 1 atom stereocenters. The van der Waals surface area contributed by atoms with Crippen molar-refractivity contribution in [2.24, 2.45) is 0 Å². The van der Waals surface area contributed by atoms with Crippen molar-refractivity contribution in [3.05, 3.63) is 39.9 Å². The lowest BCUT2D eigenvalue weighted by molar-refractivity contribution is 0.0544. The monoisotopic (exact) mass is 332 g/mol. The lowest BCUT2D eigenvalue weighted by atomic mass is 10.2. The van der Waals surface area contributed by atoms with Gasteiger partial charge in [-0.15, -0.1) is 0 Å². The minimum atomic E-state index is 0.117. The third kappa shape index (κ3) is 3.31. The van der Waals surface area contributed by atoms with E-state index in [1.165, 1.54) is 0 Å². The second kappa shape index (κ2) is 6.57. The number of hydrogen-bond donors (Lipinski definition) is 0. The quantitative estimate of drug-likeness (QED) is 0.856. The van der Waals surface area contributed by atoms with Crippen LogP contribution in [0.25, 0.3) is 0 Å². The van der Waals surface area contributed by atoms with E-state index in [9.17, 15) is 0 Å². The van der Waals surface area contributed by atoms with E-state index in [-0.39, 0.29) is 11.8 Å². The van der Waals surface area contributed by atoms with E-state index in [1.54, 1.807) is 6.07 Å². The molecule has 0 saturated carbocycles. The van der Waals surface area contributed by atoms with Crippen molar-refractivity contribution in [3.63, 3.8) is 0 Å². The van der Waals surface area contributed by atoms with Crippen molar-refractivity contribution in [1.82, 2.24) is 10.1 Å². The largest absolute Gasteiger partial charge is 0.371 e. The molecule has 6 nitrogen and oxygen atoms in total. The van der Waals surface area contributed by atoms with Gasteiger partial charge in [0.15, 0.2) is 5.69 Å². The summed E-state index contributed by atoms with van der Waals surface area (Å²) in [7, 11) is 0. The number of nitrogens with zero attached hydrogens (tertiary/aromatic N) is 4. The maximum Gasteiger partial charge on any atom is 0.161 e. The highest BCUT2D eigenvalue weighted by Crippen LogP contribution is 2.24. The van der Waals surface area contributed by atoms with Crippen molar-refractivity contribution < 1.29 is 9.26 Å². The normalized spacial score (nSPS) is 17.5. The predicted octanol–water partition coefficient (Wildman–Crippen LogP) is 3.01. The van der Waals surface area contributed by atoms with E-state index in [4.69, 9.17) is 26.1 Å². The first-order valence-electron chi connectivity index (χ1n) is 7.43. The lowest BCUT2D eigenvalue weighted by Gasteiger charge is -2.18. The zero-order chi connectivity index (χ0) is 16.4. The SMILES string of the molecule is Cc1noc(C)c1COC1CCN(c2ccc(Cl)c(C#N)n2)C1. The van der Waals surface area contributed by atoms with Gasteiger partial charge in [-0.25, -0.2) is 4.98 Å². The van der Waals surface area contributed by atoms with Crippen molar-refractivity contribution in [2.75, 3.05) is 18.0 Å². The Balaban J connectivity index is 1.62. The van der Waals surface area contributed by atoms with Gasteiger partial charge in [0.1, 0.15) is 17.6 Å². The van der Waals surface area contributed by atoms with Crippen molar-refractivity contribution in [3.8, 4) is 6.07 Å². The summed E-state index contributed by atoms with van der Waals surface area (Å²) in [6, 6.07) is 5.55. The summed E-state index contributed by atoms with van der Waals surface area (Å²) < 4.78 is 11.1. The number of rotatable bonds is 4. The number of ether oxygens (including phenoxy) is 1. The minimum Gasteiger partial charge on any atom is -0.371 e. The molecule has 7 heteroatoms. The first-order chi connectivity index (χ1) is 11.1. The average Bonchev–Trinajstić information content (AvgIpc) is 3.13. The van der Waals surface area contributed by atoms with Crippen molar-refractivity contribution in [1.29, 1.82) is 5.26 Å². The number of aromatic nitrogens is 2. The molecule has 1 aliphatic rings. The summed E-state index contributed by atoms with van der Waals surface area (Å²) in [5.41, 5.74) is 2.14. The van der Waals surface area contributed by atoms with Crippen LogP contribution in [0.1, 0.15) is 29.1 Å². The Morgan fingerprint density at radius 2 is 2.30 bits per heavy atom. The highest BCUT2D eigenvalue weighted by molar-refractivity contribution is 6.31. The lowest BCUT2D eigenvalue weighted by Crippen LogP contribution is -2.24. The maximum absolute atomic E-state index is 9.02. The summed E-state index contributed by atoms with van der Waals surface area (Å²) in [5.74, 6) is 1.56. The van der Waals surface area contributed by atoms with Crippen LogP contribution in [-0.2, 0) is 11.3 Å². The average molecular weight is 333 g/mol. The molecule has 0 aliphatic carbocycles. The second-order valence-corrected chi connectivity index (χ2v) is 5.99. The number of nitriles is 1. The van der Waals surface area contributed by atoms with E-state index in [0.717, 1.165) is 42.3 Å². The fraction of sp³-hybridized carbons (Fsp3) is 0.438. The minimum absolute atomic E-state index is 0.117. The number of hydrogen-bond acceptors (Lipinski definition) is 6. The molecule has 2 aromatic rings. The Kier molecular flexibility index (Phi) is 4.51. The molecule has 1 aliphatic heterocycles. The van der Waals surface area contributed by atoms with Crippen LogP contribution in [0, 0.1) is 25.2 Å². The number of halogens is 1. The van der Waals surface area contributed by atoms with Gasteiger partial charge < -0.3 is 14.2 Å². The van der Waals surface area contributed by atoms with Crippen LogP contribution in [0.15, 0.2) is 16.7 Å². The molecule has 3 heterocycles. The first kappa shape index (κ1) is 15.8. The van der Waals surface area contributed by atoms with Gasteiger partial charge in [-0.3, -0.25) is 0 Å². The third-order valence-corrected chi connectivity index (χ3v) is 4.36. The number of pyridine rings is 1. The Labute approximate surface area is 139 Å². The Bertz CT molecular complexity index is 734. The van der Waals surface area contributed by atoms with Gasteiger partial charge in [0.2, 0.25) is 0 Å². The molecule has 0 spiro atoms. The summed E-state index contributed by atoms with van der Waals surface area (Å²) in [6.45, 7) is 5.88. The zero-order valence-electron chi connectivity index (χ0n) is 13.0. The fourth-order valence-electron chi connectivity index (χ4n) is 2.67. The second-order valence-electron chi connectivity index (χ2n) is 5.58. The highest BCUT2D eigenvalue weighted by atomic mass is 35.5. The molecule has 1 unspecified atom stereocenters. The molecule has 1 fully saturated rings. The first-order valence-corrected chi connectivity index (χ1v) is 7.81. The Hall–Kier alpha value is -2.10. The molecule has 0 amide bonds. The van der Waals surface area contributed by atoms with E-state index >= 15 is 0 Å². The molecule has 1 saturated heterocycles. The van der Waals surface area contributed by atoms with Crippen LogP contribution in [0.2, 0.25) is 5.02 Å². The van der Waals surface area contributed by atoms with Crippen LogP contribution in [-0.4, -0.2) is 29.3 Å². The number of aryl methyl sites for hydroxylation is 2. The zero-order valence-corrected chi connectivity index (χ0v) is 13.8. The fourth-order valence-corrected chi connectivity index (χ4v) is 2.82. The van der Waals surface area contributed by atoms with E-state index in [2.05, 4.69) is 15.0 Å². The molecule has 120 valence electrons. The molecular weight excluding hydrogens is 316 g/mol. The summed E-state index contributed by atoms with van der Waals surface area (Å²) >= 11 is 5.93. The van der Waals surface area contributed by atoms with Gasteiger partial charge >= 0.3 is 0 Å². The van der Waals surface area contributed by atoms with Crippen LogP contribution < -0.4 is 4.90 Å². The van der Waals surface area contributed by atoms with Gasteiger partial charge in [0.25, 0.3) is 0 Å². The van der Waals surface area contributed by atoms with Gasteiger partial charge in [0.05, 0.1) is 23.4 Å². The molecule has 0 aromatic carbocycles. The Morgan fingerprint density at radius 1 is 1.48 bits per heavy atom. The standard InChI is InChI=1S/C16H17ClN4O2/c1-10-13(11(2)23-20-10)9-22-12-5-6-21(8-12)16-4-3-14(17)15(7-18)19-16/h3-4,12H,5-6,8-9H2,1-2H3. The summed E-state index contributed by atoms with van der Waals surface area (Å²) in [4.78, 5) is 6.40. The van der Waals surface area contributed by atoms with E-state index in [0.29, 0.717) is 11.6 Å². The van der Waals surface area contributed by atoms with Crippen LogP contribution in [0.5, 0.6) is 0 Å². The van der Waals surface area contributed by atoms with Crippen LogP contribution in [0.3, 0.4) is 0 Å². The van der Waals surface area contributed by atoms with Crippen molar-refractivity contribution >= 4 is 17.4 Å². The third-order valence-electron chi connectivity index (χ3n) is 4.05. The maximum atomic E-state index is 9.02. The van der Waals surface area contributed by atoms with Gasteiger partial charge in [-0.2, -0.15) is 5.26 Å².